The van der Waals surface area contributed by atoms with Gasteiger partial charge in [0.2, 0.25) is 5.91 Å². The summed E-state index contributed by atoms with van der Waals surface area (Å²) in [5, 5.41) is 10.2. The number of fused-ring (bicyclic) bond motifs is 1. The van der Waals surface area contributed by atoms with Gasteiger partial charge in [0, 0.05) is 24.2 Å². The van der Waals surface area contributed by atoms with Gasteiger partial charge in [0.05, 0.1) is 42.2 Å². The lowest BCUT2D eigenvalue weighted by Gasteiger charge is -2.13. The first kappa shape index (κ1) is 24.1. The first-order valence-corrected chi connectivity index (χ1v) is 11.1. The number of hydrogen-bond acceptors (Lipinski definition) is 7. The number of nitrogens with zero attached hydrogens (tertiary/aromatic N) is 4. The highest BCUT2D eigenvalue weighted by Crippen LogP contribution is 2.35. The van der Waals surface area contributed by atoms with Gasteiger partial charge in [-0.15, -0.1) is 11.6 Å². The van der Waals surface area contributed by atoms with Crippen LogP contribution in [0.5, 0.6) is 11.5 Å². The summed E-state index contributed by atoms with van der Waals surface area (Å²) in [6.45, 7) is 0.251. The fourth-order valence-corrected chi connectivity index (χ4v) is 3.41. The number of anilines is 3. The Hall–Kier alpha value is -3.99. The molecule has 2 aromatic carbocycles. The SMILES string of the molecule is COc1cc(OCCCCl)cc2ncnc(Nc3cnn(CC(=O)Nc4cccc(F)c4F)c3)c12. The Kier molecular flexibility index (Phi) is 7.56. The molecule has 0 fully saturated rings. The number of hydrogen-bond donors (Lipinski definition) is 2. The van der Waals surface area contributed by atoms with Crippen molar-refractivity contribution in [1.82, 2.24) is 19.7 Å². The molecule has 0 unspecified atom stereocenters. The van der Waals surface area contributed by atoms with E-state index in [-0.39, 0.29) is 12.2 Å². The molecule has 0 aliphatic carbocycles. The van der Waals surface area contributed by atoms with Crippen LogP contribution in [0, 0.1) is 11.6 Å². The van der Waals surface area contributed by atoms with Gasteiger partial charge in [0.25, 0.3) is 0 Å². The van der Waals surface area contributed by atoms with E-state index in [9.17, 15) is 13.6 Å². The Morgan fingerprint density at radius 1 is 1.23 bits per heavy atom. The summed E-state index contributed by atoms with van der Waals surface area (Å²) in [5.41, 5.74) is 0.900. The number of alkyl halides is 1. The first-order chi connectivity index (χ1) is 17.0. The molecule has 0 saturated heterocycles. The van der Waals surface area contributed by atoms with Crippen molar-refractivity contribution < 1.29 is 23.0 Å². The summed E-state index contributed by atoms with van der Waals surface area (Å²) in [7, 11) is 1.53. The lowest BCUT2D eigenvalue weighted by molar-refractivity contribution is -0.116. The lowest BCUT2D eigenvalue weighted by Crippen LogP contribution is -2.19. The van der Waals surface area contributed by atoms with Crippen molar-refractivity contribution in [3.8, 4) is 11.5 Å². The van der Waals surface area contributed by atoms with Gasteiger partial charge in [0.15, 0.2) is 11.6 Å². The largest absolute Gasteiger partial charge is 0.496 e. The maximum absolute atomic E-state index is 13.8. The van der Waals surface area contributed by atoms with E-state index in [0.29, 0.717) is 52.8 Å². The van der Waals surface area contributed by atoms with Crippen molar-refractivity contribution in [2.24, 2.45) is 0 Å². The van der Waals surface area contributed by atoms with Crippen molar-refractivity contribution >= 4 is 45.6 Å². The van der Waals surface area contributed by atoms with E-state index >= 15 is 0 Å². The quantitative estimate of drug-likeness (QED) is 0.243. The molecule has 0 spiro atoms. The monoisotopic (exact) mass is 502 g/mol. The van der Waals surface area contributed by atoms with Crippen molar-refractivity contribution in [2.45, 2.75) is 13.0 Å². The van der Waals surface area contributed by atoms with Gasteiger partial charge < -0.3 is 20.1 Å². The molecule has 4 rings (SSSR count). The molecule has 35 heavy (non-hydrogen) atoms. The van der Waals surface area contributed by atoms with E-state index in [2.05, 4.69) is 25.7 Å². The Morgan fingerprint density at radius 3 is 2.89 bits per heavy atom. The molecule has 0 radical (unpaired) electrons. The van der Waals surface area contributed by atoms with E-state index in [4.69, 9.17) is 21.1 Å². The summed E-state index contributed by atoms with van der Waals surface area (Å²) >= 11 is 5.71. The molecule has 0 atom stereocenters. The van der Waals surface area contributed by atoms with Gasteiger partial charge in [0.1, 0.15) is 30.2 Å². The zero-order valence-corrected chi connectivity index (χ0v) is 19.4. The summed E-state index contributed by atoms with van der Waals surface area (Å²) < 4.78 is 39.7. The Bertz CT molecular complexity index is 1350. The van der Waals surface area contributed by atoms with Crippen LogP contribution in [0.2, 0.25) is 0 Å². The van der Waals surface area contributed by atoms with Crippen molar-refractivity contribution in [2.75, 3.05) is 30.2 Å². The topological polar surface area (TPSA) is 103 Å². The minimum atomic E-state index is -1.12. The molecule has 12 heteroatoms. The lowest BCUT2D eigenvalue weighted by atomic mass is 10.2. The number of ether oxygens (including phenoxy) is 2. The van der Waals surface area contributed by atoms with Crippen LogP contribution < -0.4 is 20.1 Å². The fourth-order valence-electron chi connectivity index (χ4n) is 3.30. The normalized spacial score (nSPS) is 10.9. The maximum Gasteiger partial charge on any atom is 0.246 e. The predicted octanol–water partition coefficient (Wildman–Crippen LogP) is 4.50. The number of carbonyl (C=O) groups is 1. The second-order valence-corrected chi connectivity index (χ2v) is 7.71. The van der Waals surface area contributed by atoms with Crippen LogP contribution in [0.15, 0.2) is 49.1 Å². The van der Waals surface area contributed by atoms with Gasteiger partial charge in [-0.3, -0.25) is 9.48 Å². The molecule has 9 nitrogen and oxygen atoms in total. The number of nitrogens with one attached hydrogen (secondary N) is 2. The summed E-state index contributed by atoms with van der Waals surface area (Å²) in [6, 6.07) is 7.06. The van der Waals surface area contributed by atoms with E-state index in [1.54, 1.807) is 18.3 Å². The molecular weight excluding hydrogens is 482 g/mol. The highest BCUT2D eigenvalue weighted by atomic mass is 35.5. The Labute approximate surface area is 204 Å². The highest BCUT2D eigenvalue weighted by molar-refractivity contribution is 6.17. The molecule has 1 amide bonds. The minimum absolute atomic E-state index is 0.214. The molecule has 2 N–H and O–H groups in total. The van der Waals surface area contributed by atoms with E-state index in [1.165, 1.54) is 36.4 Å². The van der Waals surface area contributed by atoms with Crippen LogP contribution in [-0.4, -0.2) is 45.3 Å². The molecular formula is C23H21ClF2N6O3. The third-order valence-corrected chi connectivity index (χ3v) is 5.14. The van der Waals surface area contributed by atoms with Crippen LogP contribution >= 0.6 is 11.6 Å². The zero-order chi connectivity index (χ0) is 24.8. The standard InChI is InChI=1S/C23H21ClF2N6O3/c1-34-19-9-15(35-7-3-6-24)8-18-21(19)23(28-13-27-18)30-14-10-29-32(11-14)12-20(33)31-17-5-2-4-16(25)22(17)26/h2,4-5,8-11,13H,3,6-7,12H2,1H3,(H,31,33)(H,27,28,30). The van der Waals surface area contributed by atoms with Gasteiger partial charge in [-0.25, -0.2) is 18.7 Å². The number of benzene rings is 2. The van der Waals surface area contributed by atoms with Gasteiger partial charge >= 0.3 is 0 Å². The van der Waals surface area contributed by atoms with Crippen LogP contribution in [-0.2, 0) is 11.3 Å². The third-order valence-electron chi connectivity index (χ3n) is 4.87. The summed E-state index contributed by atoms with van der Waals surface area (Å²) in [5.74, 6) is -0.674. The fraction of sp³-hybridized carbons (Fsp3) is 0.217. The molecule has 2 aromatic heterocycles. The van der Waals surface area contributed by atoms with Crippen molar-refractivity contribution in [3.63, 3.8) is 0 Å². The van der Waals surface area contributed by atoms with Crippen LogP contribution in [0.3, 0.4) is 0 Å². The van der Waals surface area contributed by atoms with Gasteiger partial charge in [-0.2, -0.15) is 5.10 Å². The number of methoxy groups -OCH3 is 1. The number of amides is 1. The maximum atomic E-state index is 13.8. The molecule has 0 saturated carbocycles. The molecule has 0 aliphatic rings. The number of aromatic nitrogens is 4. The Morgan fingerprint density at radius 2 is 2.09 bits per heavy atom. The average molecular weight is 503 g/mol. The van der Waals surface area contributed by atoms with Crippen molar-refractivity contribution in [3.05, 3.63) is 60.7 Å². The smallest absolute Gasteiger partial charge is 0.246 e. The van der Waals surface area contributed by atoms with Crippen LogP contribution in [0.4, 0.5) is 26.0 Å². The molecule has 4 aromatic rings. The van der Waals surface area contributed by atoms with Gasteiger partial charge in [-0.05, 0) is 18.6 Å². The molecule has 182 valence electrons. The predicted molar refractivity (Wildman–Crippen MR) is 127 cm³/mol. The van der Waals surface area contributed by atoms with E-state index in [0.717, 1.165) is 6.07 Å². The summed E-state index contributed by atoms with van der Waals surface area (Å²) in [4.78, 5) is 20.9. The zero-order valence-electron chi connectivity index (χ0n) is 18.6. The summed E-state index contributed by atoms with van der Waals surface area (Å²) in [6.07, 6.45) is 5.18. The molecule has 0 aliphatic heterocycles. The first-order valence-electron chi connectivity index (χ1n) is 10.5. The van der Waals surface area contributed by atoms with Crippen molar-refractivity contribution in [1.29, 1.82) is 0 Å². The minimum Gasteiger partial charge on any atom is -0.496 e. The third kappa shape index (κ3) is 5.75. The average Bonchev–Trinajstić information content (AvgIpc) is 3.28. The number of halogens is 3. The second-order valence-electron chi connectivity index (χ2n) is 7.33. The number of rotatable bonds is 10. The molecule has 0 bridgehead atoms. The van der Waals surface area contributed by atoms with E-state index < -0.39 is 17.5 Å². The Balaban J connectivity index is 1.49. The van der Waals surface area contributed by atoms with Crippen LogP contribution in [0.25, 0.3) is 10.9 Å². The van der Waals surface area contributed by atoms with E-state index in [1.807, 2.05) is 0 Å². The van der Waals surface area contributed by atoms with Gasteiger partial charge in [-0.1, -0.05) is 6.07 Å². The highest BCUT2D eigenvalue weighted by Gasteiger charge is 2.15. The number of carbonyl (C=O) groups excluding carboxylic acids is 1. The second kappa shape index (κ2) is 11.0. The molecule has 2 heterocycles. The van der Waals surface area contributed by atoms with Crippen LogP contribution in [0.1, 0.15) is 6.42 Å².